The Bertz CT molecular complexity index is 826. The molecule has 0 atom stereocenters. The summed E-state index contributed by atoms with van der Waals surface area (Å²) in [6.45, 7) is 7.21. The van der Waals surface area contributed by atoms with Crippen molar-refractivity contribution < 1.29 is 9.15 Å². The van der Waals surface area contributed by atoms with E-state index < -0.39 is 0 Å². The van der Waals surface area contributed by atoms with Crippen LogP contribution in [0.1, 0.15) is 12.8 Å². The molecule has 1 fully saturated rings. The highest BCUT2D eigenvalue weighted by atomic mass is 32.1. The molecule has 4 rings (SSSR count). The van der Waals surface area contributed by atoms with E-state index in [2.05, 4.69) is 32.1 Å². The van der Waals surface area contributed by atoms with Crippen molar-refractivity contribution >= 4 is 17.0 Å². The van der Waals surface area contributed by atoms with Crippen LogP contribution in [-0.2, 0) is 6.54 Å². The Balaban J connectivity index is 1.36. The standard InChI is InChI=1S/C19H22N4O2S/c1-2-24-16-7-4-3-6-15(16)23-11-9-22(10-12-23)14-18-20-21-19(25-18)17-8-5-13-26-17/h3-8,13H,2,9-12,14H2,1H3. The van der Waals surface area contributed by atoms with Gasteiger partial charge in [-0.15, -0.1) is 21.5 Å². The number of ether oxygens (including phenoxy) is 1. The highest BCUT2D eigenvalue weighted by Crippen LogP contribution is 2.29. The summed E-state index contributed by atoms with van der Waals surface area (Å²) in [7, 11) is 0. The zero-order valence-corrected chi connectivity index (χ0v) is 15.6. The summed E-state index contributed by atoms with van der Waals surface area (Å²) in [6, 6.07) is 12.2. The highest BCUT2D eigenvalue weighted by Gasteiger charge is 2.21. The molecule has 1 aromatic carbocycles. The molecule has 0 aliphatic carbocycles. The van der Waals surface area contributed by atoms with E-state index in [1.165, 1.54) is 5.69 Å². The van der Waals surface area contributed by atoms with Gasteiger partial charge in [0.25, 0.3) is 5.89 Å². The molecule has 1 aliphatic heterocycles. The third-order valence-corrected chi connectivity index (χ3v) is 5.29. The molecular weight excluding hydrogens is 348 g/mol. The Morgan fingerprint density at radius 3 is 2.69 bits per heavy atom. The van der Waals surface area contributed by atoms with E-state index in [0.717, 1.165) is 36.8 Å². The van der Waals surface area contributed by atoms with Crippen LogP contribution < -0.4 is 9.64 Å². The molecule has 0 radical (unpaired) electrons. The van der Waals surface area contributed by atoms with Gasteiger partial charge in [-0.1, -0.05) is 18.2 Å². The highest BCUT2D eigenvalue weighted by molar-refractivity contribution is 7.13. The Morgan fingerprint density at radius 2 is 1.92 bits per heavy atom. The first-order valence-electron chi connectivity index (χ1n) is 8.89. The molecule has 0 amide bonds. The number of hydrogen-bond acceptors (Lipinski definition) is 7. The maximum atomic E-state index is 5.81. The zero-order chi connectivity index (χ0) is 17.8. The zero-order valence-electron chi connectivity index (χ0n) is 14.8. The van der Waals surface area contributed by atoms with E-state index in [-0.39, 0.29) is 0 Å². The first kappa shape index (κ1) is 17.1. The number of hydrogen-bond donors (Lipinski definition) is 0. The van der Waals surface area contributed by atoms with E-state index in [4.69, 9.17) is 9.15 Å². The topological polar surface area (TPSA) is 54.6 Å². The van der Waals surface area contributed by atoms with Crippen LogP contribution in [-0.4, -0.2) is 47.9 Å². The molecule has 6 nitrogen and oxygen atoms in total. The molecule has 0 N–H and O–H groups in total. The number of rotatable bonds is 6. The van der Waals surface area contributed by atoms with Gasteiger partial charge in [0.2, 0.25) is 5.89 Å². The summed E-state index contributed by atoms with van der Waals surface area (Å²) in [5, 5.41) is 10.4. The molecule has 0 bridgehead atoms. The predicted octanol–water partition coefficient (Wildman–Crippen LogP) is 3.52. The van der Waals surface area contributed by atoms with Crippen molar-refractivity contribution in [1.29, 1.82) is 0 Å². The number of piperazine rings is 1. The Hall–Kier alpha value is -2.38. The van der Waals surface area contributed by atoms with Crippen molar-refractivity contribution in [2.45, 2.75) is 13.5 Å². The third kappa shape index (κ3) is 3.73. The predicted molar refractivity (Wildman–Crippen MR) is 103 cm³/mol. The van der Waals surface area contributed by atoms with Gasteiger partial charge in [-0.3, -0.25) is 4.90 Å². The van der Waals surface area contributed by atoms with Crippen LogP contribution in [0.15, 0.2) is 46.2 Å². The number of para-hydroxylation sites is 2. The number of benzene rings is 1. The minimum Gasteiger partial charge on any atom is -0.492 e. The molecular formula is C19H22N4O2S. The summed E-state index contributed by atoms with van der Waals surface area (Å²) in [6.07, 6.45) is 0. The first-order valence-corrected chi connectivity index (χ1v) is 9.77. The van der Waals surface area contributed by atoms with Crippen LogP contribution in [0.25, 0.3) is 10.8 Å². The maximum absolute atomic E-state index is 5.81. The lowest BCUT2D eigenvalue weighted by atomic mass is 10.2. The molecule has 1 aliphatic rings. The molecule has 26 heavy (non-hydrogen) atoms. The quantitative estimate of drug-likeness (QED) is 0.662. The second kappa shape index (κ2) is 7.88. The summed E-state index contributed by atoms with van der Waals surface area (Å²) in [5.41, 5.74) is 1.17. The number of aromatic nitrogens is 2. The van der Waals surface area contributed by atoms with Gasteiger partial charge < -0.3 is 14.1 Å². The normalized spacial score (nSPS) is 15.3. The van der Waals surface area contributed by atoms with Crippen molar-refractivity contribution in [3.05, 3.63) is 47.7 Å². The fraction of sp³-hybridized carbons (Fsp3) is 0.368. The van der Waals surface area contributed by atoms with Crippen LogP contribution >= 0.6 is 11.3 Å². The molecule has 1 saturated heterocycles. The lowest BCUT2D eigenvalue weighted by Gasteiger charge is -2.36. The fourth-order valence-corrected chi connectivity index (χ4v) is 3.80. The molecule has 0 spiro atoms. The number of anilines is 1. The molecule has 136 valence electrons. The summed E-state index contributed by atoms with van der Waals surface area (Å²) < 4.78 is 11.6. The van der Waals surface area contributed by atoms with Gasteiger partial charge in [-0.2, -0.15) is 0 Å². The van der Waals surface area contributed by atoms with Crippen molar-refractivity contribution in [3.63, 3.8) is 0 Å². The Morgan fingerprint density at radius 1 is 1.08 bits per heavy atom. The van der Waals surface area contributed by atoms with Gasteiger partial charge in [-0.05, 0) is 30.5 Å². The second-order valence-electron chi connectivity index (χ2n) is 6.14. The van der Waals surface area contributed by atoms with Gasteiger partial charge >= 0.3 is 0 Å². The largest absolute Gasteiger partial charge is 0.492 e. The van der Waals surface area contributed by atoms with E-state index in [9.17, 15) is 0 Å². The van der Waals surface area contributed by atoms with Crippen molar-refractivity contribution in [2.24, 2.45) is 0 Å². The monoisotopic (exact) mass is 370 g/mol. The SMILES string of the molecule is CCOc1ccccc1N1CCN(Cc2nnc(-c3cccs3)o2)CC1. The third-order valence-electron chi connectivity index (χ3n) is 4.44. The van der Waals surface area contributed by atoms with Crippen LogP contribution in [0.5, 0.6) is 5.75 Å². The first-order chi connectivity index (χ1) is 12.8. The minimum atomic E-state index is 0.610. The molecule has 0 unspecified atom stereocenters. The lowest BCUT2D eigenvalue weighted by molar-refractivity contribution is 0.226. The molecule has 2 aromatic heterocycles. The lowest BCUT2D eigenvalue weighted by Crippen LogP contribution is -2.46. The smallest absolute Gasteiger partial charge is 0.257 e. The van der Waals surface area contributed by atoms with Gasteiger partial charge in [0.05, 0.1) is 23.7 Å². The molecule has 3 aromatic rings. The fourth-order valence-electron chi connectivity index (χ4n) is 3.15. The molecule has 7 heteroatoms. The maximum Gasteiger partial charge on any atom is 0.257 e. The van der Waals surface area contributed by atoms with Crippen LogP contribution in [0.3, 0.4) is 0 Å². The Kier molecular flexibility index (Phi) is 5.17. The molecule has 3 heterocycles. The van der Waals surface area contributed by atoms with E-state index in [0.29, 0.717) is 24.9 Å². The van der Waals surface area contributed by atoms with Crippen molar-refractivity contribution in [1.82, 2.24) is 15.1 Å². The average Bonchev–Trinajstić information content (AvgIpc) is 3.35. The number of thiophene rings is 1. The van der Waals surface area contributed by atoms with Gasteiger partial charge in [0.1, 0.15) is 5.75 Å². The van der Waals surface area contributed by atoms with Crippen molar-refractivity contribution in [2.75, 3.05) is 37.7 Å². The van der Waals surface area contributed by atoms with Gasteiger partial charge in [0, 0.05) is 26.2 Å². The van der Waals surface area contributed by atoms with E-state index in [1.807, 2.05) is 36.6 Å². The summed E-state index contributed by atoms with van der Waals surface area (Å²) >= 11 is 1.61. The van der Waals surface area contributed by atoms with Crippen LogP contribution in [0, 0.1) is 0 Å². The Labute approximate surface area is 157 Å². The van der Waals surface area contributed by atoms with Gasteiger partial charge in [0.15, 0.2) is 0 Å². The van der Waals surface area contributed by atoms with E-state index >= 15 is 0 Å². The molecule has 0 saturated carbocycles. The van der Waals surface area contributed by atoms with Crippen LogP contribution in [0.2, 0.25) is 0 Å². The van der Waals surface area contributed by atoms with Gasteiger partial charge in [-0.25, -0.2) is 0 Å². The number of nitrogens with zero attached hydrogens (tertiary/aromatic N) is 4. The van der Waals surface area contributed by atoms with Crippen molar-refractivity contribution in [3.8, 4) is 16.5 Å². The summed E-state index contributed by atoms with van der Waals surface area (Å²) in [4.78, 5) is 5.75. The van der Waals surface area contributed by atoms with Crippen LogP contribution in [0.4, 0.5) is 5.69 Å². The average molecular weight is 370 g/mol. The van der Waals surface area contributed by atoms with E-state index in [1.54, 1.807) is 11.3 Å². The summed E-state index contributed by atoms with van der Waals surface area (Å²) in [5.74, 6) is 2.25. The second-order valence-corrected chi connectivity index (χ2v) is 7.09. The minimum absolute atomic E-state index is 0.610.